The smallest absolute Gasteiger partial charge is 0.333 e. The summed E-state index contributed by atoms with van der Waals surface area (Å²) in [5.74, 6) is -2.66. The number of halogens is 2. The zero-order valence-electron chi connectivity index (χ0n) is 13.2. The van der Waals surface area contributed by atoms with Gasteiger partial charge >= 0.3 is 12.5 Å². The zero-order chi connectivity index (χ0) is 18.0. The quantitative estimate of drug-likeness (QED) is 0.866. The maximum Gasteiger partial charge on any atom is 0.333 e. The van der Waals surface area contributed by atoms with Gasteiger partial charge in [-0.2, -0.15) is 13.9 Å². The van der Waals surface area contributed by atoms with Crippen LogP contribution in [0.25, 0.3) is 0 Å². The molecule has 0 spiro atoms. The first-order valence-electron chi connectivity index (χ1n) is 7.29. The van der Waals surface area contributed by atoms with E-state index in [4.69, 9.17) is 0 Å². The summed E-state index contributed by atoms with van der Waals surface area (Å²) in [5, 5.41) is 12.7. The molecule has 2 heterocycles. The third kappa shape index (κ3) is 3.52. The minimum absolute atomic E-state index is 0.0767. The monoisotopic (exact) mass is 344 g/mol. The molecule has 2 amide bonds. The van der Waals surface area contributed by atoms with Crippen LogP contribution in [0, 0.1) is 5.92 Å². The lowest BCUT2D eigenvalue weighted by atomic mass is 9.91. The standard InChI is InChI=1S/C14H18F2N4O4/c1-18(2)11(21)8-3-4-10(13(23)24)19(6-8)12(22)9-5-17-20(7-9)14(15)16/h5,7-8,10,14H,3-4,6H2,1-2H3,(H,23,24). The highest BCUT2D eigenvalue weighted by Crippen LogP contribution is 2.25. The van der Waals surface area contributed by atoms with Crippen molar-refractivity contribution in [2.45, 2.75) is 25.4 Å². The molecule has 2 unspecified atom stereocenters. The minimum atomic E-state index is -2.90. The van der Waals surface area contributed by atoms with Gasteiger partial charge in [0, 0.05) is 26.8 Å². The number of amides is 2. The van der Waals surface area contributed by atoms with Gasteiger partial charge in [-0.15, -0.1) is 0 Å². The summed E-state index contributed by atoms with van der Waals surface area (Å²) >= 11 is 0. The molecule has 1 saturated heterocycles. The molecule has 132 valence electrons. The number of carbonyl (C=O) groups is 3. The number of likely N-dealkylation sites (tertiary alicyclic amines) is 1. The SMILES string of the molecule is CN(C)C(=O)C1CCC(C(=O)O)N(C(=O)c2cnn(C(F)F)c2)C1. The van der Waals surface area contributed by atoms with E-state index in [2.05, 4.69) is 5.10 Å². The lowest BCUT2D eigenvalue weighted by molar-refractivity contribution is -0.146. The van der Waals surface area contributed by atoms with E-state index in [1.54, 1.807) is 14.1 Å². The molecule has 24 heavy (non-hydrogen) atoms. The average Bonchev–Trinajstić information content (AvgIpc) is 3.02. The molecular formula is C14H18F2N4O4. The van der Waals surface area contributed by atoms with E-state index >= 15 is 0 Å². The third-order valence-electron chi connectivity index (χ3n) is 3.97. The van der Waals surface area contributed by atoms with Crippen LogP contribution in [0.2, 0.25) is 0 Å². The Balaban J connectivity index is 2.24. The number of hydrogen-bond donors (Lipinski definition) is 1. The highest BCUT2D eigenvalue weighted by Gasteiger charge is 2.39. The van der Waals surface area contributed by atoms with E-state index in [1.165, 1.54) is 4.90 Å². The van der Waals surface area contributed by atoms with Crippen molar-refractivity contribution >= 4 is 17.8 Å². The maximum atomic E-state index is 12.6. The first-order valence-corrected chi connectivity index (χ1v) is 7.29. The van der Waals surface area contributed by atoms with Gasteiger partial charge in [0.05, 0.1) is 17.7 Å². The molecule has 1 N–H and O–H groups in total. The molecule has 8 nitrogen and oxygen atoms in total. The van der Waals surface area contributed by atoms with Crippen LogP contribution in [0.4, 0.5) is 8.78 Å². The number of alkyl halides is 2. The summed E-state index contributed by atoms with van der Waals surface area (Å²) < 4.78 is 25.5. The van der Waals surface area contributed by atoms with Gasteiger partial charge in [0.25, 0.3) is 5.91 Å². The van der Waals surface area contributed by atoms with Crippen LogP contribution in [0.15, 0.2) is 12.4 Å². The Bertz CT molecular complexity index is 646. The molecule has 0 aromatic carbocycles. The first kappa shape index (κ1) is 17.8. The summed E-state index contributed by atoms with van der Waals surface area (Å²) in [6.45, 7) is -2.97. The normalized spacial score (nSPS) is 21.0. The van der Waals surface area contributed by atoms with Gasteiger partial charge < -0.3 is 14.9 Å². The fourth-order valence-corrected chi connectivity index (χ4v) is 2.74. The number of hydrogen-bond acceptors (Lipinski definition) is 4. The first-order chi connectivity index (χ1) is 11.2. The topological polar surface area (TPSA) is 95.7 Å². The van der Waals surface area contributed by atoms with Gasteiger partial charge in [0.15, 0.2) is 0 Å². The third-order valence-corrected chi connectivity index (χ3v) is 3.97. The Morgan fingerprint density at radius 1 is 1.33 bits per heavy atom. The molecule has 1 aromatic rings. The number of carboxylic acids is 1. The van der Waals surface area contributed by atoms with Crippen molar-refractivity contribution in [3.05, 3.63) is 18.0 Å². The van der Waals surface area contributed by atoms with Gasteiger partial charge in [-0.3, -0.25) is 9.59 Å². The molecule has 0 saturated carbocycles. The summed E-state index contributed by atoms with van der Waals surface area (Å²) in [5.41, 5.74) is -0.139. The van der Waals surface area contributed by atoms with Crippen LogP contribution < -0.4 is 0 Å². The maximum absolute atomic E-state index is 12.6. The van der Waals surface area contributed by atoms with E-state index in [-0.39, 0.29) is 24.4 Å². The van der Waals surface area contributed by atoms with E-state index in [9.17, 15) is 28.3 Å². The number of carboxylic acid groups (broad SMARTS) is 1. The zero-order valence-corrected chi connectivity index (χ0v) is 13.2. The van der Waals surface area contributed by atoms with Crippen LogP contribution in [0.5, 0.6) is 0 Å². The van der Waals surface area contributed by atoms with Gasteiger partial charge in [0.2, 0.25) is 5.91 Å². The Kier molecular flexibility index (Phi) is 5.15. The van der Waals surface area contributed by atoms with Crippen LogP contribution in [0.1, 0.15) is 29.7 Å². The lowest BCUT2D eigenvalue weighted by Crippen LogP contribution is -2.53. The Hall–Kier alpha value is -2.52. The van der Waals surface area contributed by atoms with E-state index in [1.807, 2.05) is 0 Å². The Morgan fingerprint density at radius 3 is 2.50 bits per heavy atom. The van der Waals surface area contributed by atoms with Crippen LogP contribution in [0.3, 0.4) is 0 Å². The van der Waals surface area contributed by atoms with Crippen LogP contribution in [-0.4, -0.2) is 69.2 Å². The fraction of sp³-hybridized carbons (Fsp3) is 0.571. The number of aliphatic carboxylic acids is 1. The number of nitrogens with zero attached hydrogens (tertiary/aromatic N) is 4. The van der Waals surface area contributed by atoms with Crippen molar-refractivity contribution in [3.63, 3.8) is 0 Å². The van der Waals surface area contributed by atoms with Crippen LogP contribution in [-0.2, 0) is 9.59 Å². The van der Waals surface area contributed by atoms with Crippen molar-refractivity contribution in [3.8, 4) is 0 Å². The molecule has 0 bridgehead atoms. The summed E-state index contributed by atoms with van der Waals surface area (Å²) in [6.07, 6.45) is 2.29. The van der Waals surface area contributed by atoms with Crippen molar-refractivity contribution < 1.29 is 28.3 Å². The van der Waals surface area contributed by atoms with Crippen LogP contribution >= 0.6 is 0 Å². The highest BCUT2D eigenvalue weighted by molar-refractivity contribution is 5.96. The molecule has 0 radical (unpaired) electrons. The molecule has 1 fully saturated rings. The predicted molar refractivity (Wildman–Crippen MR) is 77.4 cm³/mol. The van der Waals surface area contributed by atoms with Crippen molar-refractivity contribution in [1.29, 1.82) is 0 Å². The molecule has 0 aliphatic carbocycles. The molecule has 2 atom stereocenters. The fourth-order valence-electron chi connectivity index (χ4n) is 2.74. The number of rotatable bonds is 4. The van der Waals surface area contributed by atoms with Gasteiger partial charge in [-0.05, 0) is 12.8 Å². The van der Waals surface area contributed by atoms with Crippen molar-refractivity contribution in [1.82, 2.24) is 19.6 Å². The molecule has 1 aliphatic heterocycles. The Morgan fingerprint density at radius 2 is 2.00 bits per heavy atom. The summed E-state index contributed by atoms with van der Waals surface area (Å²) in [6, 6.07) is -1.10. The largest absolute Gasteiger partial charge is 0.480 e. The molecule has 2 rings (SSSR count). The lowest BCUT2D eigenvalue weighted by Gasteiger charge is -2.37. The second-order valence-corrected chi connectivity index (χ2v) is 5.81. The number of aromatic nitrogens is 2. The molecule has 10 heteroatoms. The molecular weight excluding hydrogens is 326 g/mol. The second kappa shape index (κ2) is 6.93. The van der Waals surface area contributed by atoms with Gasteiger partial charge in [-0.1, -0.05) is 0 Å². The van der Waals surface area contributed by atoms with E-state index < -0.39 is 30.4 Å². The summed E-state index contributed by atoms with van der Waals surface area (Å²) in [4.78, 5) is 38.4. The molecule has 1 aromatic heterocycles. The summed E-state index contributed by atoms with van der Waals surface area (Å²) in [7, 11) is 3.15. The number of carbonyl (C=O) groups excluding carboxylic acids is 2. The minimum Gasteiger partial charge on any atom is -0.480 e. The highest BCUT2D eigenvalue weighted by atomic mass is 19.3. The number of piperidine rings is 1. The van der Waals surface area contributed by atoms with Gasteiger partial charge in [0.1, 0.15) is 6.04 Å². The van der Waals surface area contributed by atoms with E-state index in [0.29, 0.717) is 11.1 Å². The Labute approximate surface area is 136 Å². The average molecular weight is 344 g/mol. The van der Waals surface area contributed by atoms with E-state index in [0.717, 1.165) is 17.3 Å². The second-order valence-electron chi connectivity index (χ2n) is 5.81. The van der Waals surface area contributed by atoms with Gasteiger partial charge in [-0.25, -0.2) is 9.48 Å². The van der Waals surface area contributed by atoms with Crippen molar-refractivity contribution in [2.75, 3.05) is 20.6 Å². The van der Waals surface area contributed by atoms with Crippen molar-refractivity contribution in [2.24, 2.45) is 5.92 Å². The molecule has 1 aliphatic rings. The predicted octanol–water partition coefficient (Wildman–Crippen LogP) is 0.672.